The normalized spacial score (nSPS) is 10.4. The van der Waals surface area contributed by atoms with E-state index in [0.717, 1.165) is 16.5 Å². The smallest absolute Gasteiger partial charge is 0.272 e. The van der Waals surface area contributed by atoms with E-state index in [1.165, 1.54) is 0 Å². The Morgan fingerprint density at radius 2 is 2.00 bits per heavy atom. The summed E-state index contributed by atoms with van der Waals surface area (Å²) >= 11 is 0. The van der Waals surface area contributed by atoms with Crippen LogP contribution in [-0.2, 0) is 6.54 Å². The number of nitrogens with zero attached hydrogens (tertiary/aromatic N) is 2. The molecule has 0 bridgehead atoms. The summed E-state index contributed by atoms with van der Waals surface area (Å²) in [5.41, 5.74) is 3.20. The highest BCUT2D eigenvalue weighted by molar-refractivity contribution is 6.08. The molecule has 1 aromatic carbocycles. The van der Waals surface area contributed by atoms with Crippen LogP contribution in [0, 0.1) is 19.3 Å². The summed E-state index contributed by atoms with van der Waals surface area (Å²) in [5.74, 6) is 2.45. The number of nitrogens with one attached hydrogen (secondary N) is 1. The zero-order valence-corrected chi connectivity index (χ0v) is 12.2. The summed E-state index contributed by atoms with van der Waals surface area (Å²) in [4.78, 5) is 16.6. The lowest BCUT2D eigenvalue weighted by molar-refractivity contribution is 0.101. The number of para-hydroxylation sites is 1. The maximum atomic E-state index is 12.7. The first kappa shape index (κ1) is 13.9. The third-order valence-corrected chi connectivity index (χ3v) is 3.63. The molecular formula is C18H15N3O. The zero-order valence-electron chi connectivity index (χ0n) is 12.2. The lowest BCUT2D eigenvalue weighted by Gasteiger charge is -2.09. The number of carbonyl (C=O) groups is 1. The number of terminal acetylenes is 1. The van der Waals surface area contributed by atoms with Gasteiger partial charge in [-0.15, -0.1) is 6.42 Å². The Morgan fingerprint density at radius 1 is 1.27 bits per heavy atom. The number of aromatic nitrogens is 2. The molecule has 3 aromatic rings. The minimum absolute atomic E-state index is 0.171. The van der Waals surface area contributed by atoms with Crippen molar-refractivity contribution in [2.24, 2.45) is 0 Å². The van der Waals surface area contributed by atoms with Crippen molar-refractivity contribution in [3.8, 4) is 12.3 Å². The fraction of sp³-hybridized carbons (Fsp3) is 0.111. The van der Waals surface area contributed by atoms with Crippen LogP contribution in [0.25, 0.3) is 10.9 Å². The minimum atomic E-state index is -0.171. The minimum Gasteiger partial charge on any atom is -0.324 e. The van der Waals surface area contributed by atoms with Crippen molar-refractivity contribution in [1.82, 2.24) is 9.55 Å². The van der Waals surface area contributed by atoms with Crippen LogP contribution in [-0.4, -0.2) is 15.5 Å². The maximum absolute atomic E-state index is 12.7. The van der Waals surface area contributed by atoms with Crippen LogP contribution < -0.4 is 5.32 Å². The lowest BCUT2D eigenvalue weighted by atomic mass is 10.1. The van der Waals surface area contributed by atoms with Gasteiger partial charge in [0.15, 0.2) is 0 Å². The van der Waals surface area contributed by atoms with Crippen molar-refractivity contribution >= 4 is 22.5 Å². The topological polar surface area (TPSA) is 46.9 Å². The third-order valence-electron chi connectivity index (χ3n) is 3.63. The highest BCUT2D eigenvalue weighted by Gasteiger charge is 2.19. The molecule has 0 saturated heterocycles. The van der Waals surface area contributed by atoms with Gasteiger partial charge in [-0.2, -0.15) is 0 Å². The fourth-order valence-electron chi connectivity index (χ4n) is 2.65. The predicted molar refractivity (Wildman–Crippen MR) is 87.7 cm³/mol. The number of pyridine rings is 1. The molecule has 4 nitrogen and oxygen atoms in total. The second kappa shape index (κ2) is 5.74. The standard InChI is InChI=1S/C18H15N3O/c1-3-12-21-16-7-5-4-6-15(16)13(2)17(21)18(22)20-14-8-10-19-11-9-14/h1,4-11H,12H2,2H3,(H,19,20,22). The molecule has 0 aliphatic heterocycles. The highest BCUT2D eigenvalue weighted by atomic mass is 16.2. The van der Waals surface area contributed by atoms with Gasteiger partial charge in [-0.3, -0.25) is 9.78 Å². The van der Waals surface area contributed by atoms with Crippen LogP contribution in [0.2, 0.25) is 0 Å². The number of anilines is 1. The predicted octanol–water partition coefficient (Wildman–Crippen LogP) is 3.23. The Kier molecular flexibility index (Phi) is 3.63. The van der Waals surface area contributed by atoms with E-state index in [2.05, 4.69) is 16.2 Å². The zero-order chi connectivity index (χ0) is 15.5. The monoisotopic (exact) mass is 289 g/mol. The van der Waals surface area contributed by atoms with Crippen LogP contribution in [0.1, 0.15) is 16.1 Å². The molecule has 0 fully saturated rings. The number of fused-ring (bicyclic) bond motifs is 1. The number of carbonyl (C=O) groups excluding carboxylic acids is 1. The summed E-state index contributed by atoms with van der Waals surface area (Å²) in [7, 11) is 0. The Hall–Kier alpha value is -3.06. The molecule has 0 aliphatic carbocycles. The van der Waals surface area contributed by atoms with Crippen molar-refractivity contribution in [2.75, 3.05) is 5.32 Å². The van der Waals surface area contributed by atoms with Crippen LogP contribution in [0.3, 0.4) is 0 Å². The Balaban J connectivity index is 2.09. The molecule has 2 heterocycles. The SMILES string of the molecule is C#CCn1c(C(=O)Nc2ccncc2)c(C)c2ccccc21. The Bertz CT molecular complexity index is 872. The average molecular weight is 289 g/mol. The van der Waals surface area contributed by atoms with Gasteiger partial charge in [0.05, 0.1) is 6.54 Å². The van der Waals surface area contributed by atoms with Crippen LogP contribution in [0.15, 0.2) is 48.8 Å². The molecule has 1 N–H and O–H groups in total. The number of hydrogen-bond donors (Lipinski definition) is 1. The van der Waals surface area contributed by atoms with E-state index in [0.29, 0.717) is 17.9 Å². The van der Waals surface area contributed by atoms with E-state index in [-0.39, 0.29) is 5.91 Å². The van der Waals surface area contributed by atoms with Crippen molar-refractivity contribution in [3.63, 3.8) is 0 Å². The van der Waals surface area contributed by atoms with Crippen LogP contribution in [0.5, 0.6) is 0 Å². The summed E-state index contributed by atoms with van der Waals surface area (Å²) in [6, 6.07) is 11.4. The molecule has 3 rings (SSSR count). The van der Waals surface area contributed by atoms with Crippen LogP contribution in [0.4, 0.5) is 5.69 Å². The number of benzene rings is 1. The molecule has 0 saturated carbocycles. The number of hydrogen-bond acceptors (Lipinski definition) is 2. The van der Waals surface area contributed by atoms with Gasteiger partial charge < -0.3 is 9.88 Å². The lowest BCUT2D eigenvalue weighted by Crippen LogP contribution is -2.18. The third kappa shape index (κ3) is 2.33. The van der Waals surface area contributed by atoms with Gasteiger partial charge in [0.2, 0.25) is 0 Å². The van der Waals surface area contributed by atoms with Gasteiger partial charge in [0.25, 0.3) is 5.91 Å². The first-order chi connectivity index (χ1) is 10.7. The molecule has 22 heavy (non-hydrogen) atoms. The number of rotatable bonds is 3. The molecular weight excluding hydrogens is 274 g/mol. The summed E-state index contributed by atoms with van der Waals surface area (Å²) in [6.07, 6.45) is 8.75. The molecule has 0 aliphatic rings. The van der Waals surface area contributed by atoms with E-state index in [9.17, 15) is 4.79 Å². The maximum Gasteiger partial charge on any atom is 0.272 e. The Labute approximate surface area is 128 Å². The van der Waals surface area contributed by atoms with Crippen molar-refractivity contribution in [1.29, 1.82) is 0 Å². The molecule has 0 radical (unpaired) electrons. The molecule has 0 atom stereocenters. The van der Waals surface area contributed by atoms with Gasteiger partial charge in [0.1, 0.15) is 5.69 Å². The first-order valence-electron chi connectivity index (χ1n) is 6.95. The van der Waals surface area contributed by atoms with Crippen LogP contribution >= 0.6 is 0 Å². The number of aryl methyl sites for hydroxylation is 1. The van der Waals surface area contributed by atoms with Gasteiger partial charge in [-0.05, 0) is 30.7 Å². The molecule has 0 unspecified atom stereocenters. The van der Waals surface area contributed by atoms with Gasteiger partial charge in [-0.1, -0.05) is 24.1 Å². The summed E-state index contributed by atoms with van der Waals surface area (Å²) in [6.45, 7) is 2.30. The second-order valence-electron chi connectivity index (χ2n) is 4.97. The second-order valence-corrected chi connectivity index (χ2v) is 4.97. The summed E-state index contributed by atoms with van der Waals surface area (Å²) in [5, 5.41) is 3.93. The van der Waals surface area contributed by atoms with E-state index in [1.54, 1.807) is 24.5 Å². The van der Waals surface area contributed by atoms with Gasteiger partial charge in [0, 0.05) is 29.0 Å². The van der Waals surface area contributed by atoms with Gasteiger partial charge >= 0.3 is 0 Å². The van der Waals surface area contributed by atoms with Crippen molar-refractivity contribution in [2.45, 2.75) is 13.5 Å². The fourth-order valence-corrected chi connectivity index (χ4v) is 2.65. The van der Waals surface area contributed by atoms with E-state index >= 15 is 0 Å². The number of amides is 1. The summed E-state index contributed by atoms with van der Waals surface area (Å²) < 4.78 is 1.88. The Morgan fingerprint density at radius 3 is 2.73 bits per heavy atom. The quantitative estimate of drug-likeness (QED) is 0.752. The first-order valence-corrected chi connectivity index (χ1v) is 6.95. The molecule has 0 spiro atoms. The van der Waals surface area contributed by atoms with E-state index in [4.69, 9.17) is 6.42 Å². The molecule has 108 valence electrons. The molecule has 1 amide bonds. The average Bonchev–Trinajstić information content (AvgIpc) is 2.82. The van der Waals surface area contributed by atoms with E-state index in [1.807, 2.05) is 35.8 Å². The van der Waals surface area contributed by atoms with E-state index < -0.39 is 0 Å². The highest BCUT2D eigenvalue weighted by Crippen LogP contribution is 2.26. The van der Waals surface area contributed by atoms with Crippen molar-refractivity contribution in [3.05, 3.63) is 60.0 Å². The largest absolute Gasteiger partial charge is 0.324 e. The molecule has 2 aromatic heterocycles. The van der Waals surface area contributed by atoms with Crippen molar-refractivity contribution < 1.29 is 4.79 Å². The molecule has 4 heteroatoms. The van der Waals surface area contributed by atoms with Gasteiger partial charge in [-0.25, -0.2) is 0 Å².